The topological polar surface area (TPSA) is 90.5 Å². The highest BCUT2D eigenvalue weighted by Gasteiger charge is 2.12. The molecule has 0 atom stereocenters. The van der Waals surface area contributed by atoms with E-state index in [9.17, 15) is 4.79 Å². The van der Waals surface area contributed by atoms with Crippen molar-refractivity contribution in [3.63, 3.8) is 0 Å². The van der Waals surface area contributed by atoms with Gasteiger partial charge >= 0.3 is 0 Å². The van der Waals surface area contributed by atoms with Crippen molar-refractivity contribution in [2.24, 2.45) is 7.05 Å². The lowest BCUT2D eigenvalue weighted by molar-refractivity contribution is 0.102. The van der Waals surface area contributed by atoms with Gasteiger partial charge < -0.3 is 5.32 Å². The summed E-state index contributed by atoms with van der Waals surface area (Å²) >= 11 is 0. The van der Waals surface area contributed by atoms with Crippen LogP contribution in [0.4, 0.5) is 5.82 Å². The Hall–Kier alpha value is -3.03. The van der Waals surface area contributed by atoms with Crippen molar-refractivity contribution in [2.45, 2.75) is 13.5 Å². The number of aromatic nitrogens is 6. The third-order valence-corrected chi connectivity index (χ3v) is 3.17. The van der Waals surface area contributed by atoms with E-state index in [0.717, 1.165) is 5.56 Å². The first-order valence-electron chi connectivity index (χ1n) is 6.85. The van der Waals surface area contributed by atoms with Gasteiger partial charge in [0, 0.05) is 37.0 Å². The standard InChI is InChI=1S/C14H15N7O/c1-3-21-13(16-18-19-21)10-5-4-6-11(9-10)14(22)15-12-7-8-20(2)17-12/h4-9H,3H2,1-2H3,(H,15,17,22). The number of aryl methyl sites for hydroxylation is 2. The first kappa shape index (κ1) is 13.9. The summed E-state index contributed by atoms with van der Waals surface area (Å²) in [6, 6.07) is 8.91. The quantitative estimate of drug-likeness (QED) is 0.785. The van der Waals surface area contributed by atoms with E-state index in [1.54, 1.807) is 46.9 Å². The Morgan fingerprint density at radius 1 is 1.32 bits per heavy atom. The monoisotopic (exact) mass is 297 g/mol. The molecule has 0 aliphatic heterocycles. The number of tetrazole rings is 1. The fourth-order valence-corrected chi connectivity index (χ4v) is 2.09. The van der Waals surface area contributed by atoms with Crippen LogP contribution in [0, 0.1) is 0 Å². The van der Waals surface area contributed by atoms with Crippen molar-refractivity contribution in [3.05, 3.63) is 42.1 Å². The highest BCUT2D eigenvalue weighted by Crippen LogP contribution is 2.18. The second-order valence-electron chi connectivity index (χ2n) is 4.73. The van der Waals surface area contributed by atoms with Gasteiger partial charge in [0.25, 0.3) is 5.91 Å². The van der Waals surface area contributed by atoms with Gasteiger partial charge in [-0.1, -0.05) is 12.1 Å². The van der Waals surface area contributed by atoms with Crippen molar-refractivity contribution in [1.82, 2.24) is 30.0 Å². The minimum Gasteiger partial charge on any atom is -0.305 e. The van der Waals surface area contributed by atoms with E-state index in [-0.39, 0.29) is 5.91 Å². The maximum Gasteiger partial charge on any atom is 0.256 e. The van der Waals surface area contributed by atoms with Gasteiger partial charge in [-0.05, 0) is 29.5 Å². The highest BCUT2D eigenvalue weighted by molar-refractivity contribution is 6.04. The molecule has 8 heteroatoms. The fourth-order valence-electron chi connectivity index (χ4n) is 2.09. The highest BCUT2D eigenvalue weighted by atomic mass is 16.1. The maximum absolute atomic E-state index is 12.3. The molecule has 0 fully saturated rings. The Bertz CT molecular complexity index is 805. The van der Waals surface area contributed by atoms with E-state index < -0.39 is 0 Å². The second-order valence-corrected chi connectivity index (χ2v) is 4.73. The molecule has 0 unspecified atom stereocenters. The normalized spacial score (nSPS) is 10.6. The van der Waals surface area contributed by atoms with Crippen LogP contribution in [-0.2, 0) is 13.6 Å². The van der Waals surface area contributed by atoms with Gasteiger partial charge in [0.15, 0.2) is 11.6 Å². The number of nitrogens with zero attached hydrogens (tertiary/aromatic N) is 6. The summed E-state index contributed by atoms with van der Waals surface area (Å²) in [7, 11) is 1.79. The van der Waals surface area contributed by atoms with Gasteiger partial charge in [-0.25, -0.2) is 4.68 Å². The summed E-state index contributed by atoms with van der Waals surface area (Å²) < 4.78 is 3.30. The summed E-state index contributed by atoms with van der Waals surface area (Å²) in [6.45, 7) is 2.62. The number of benzene rings is 1. The van der Waals surface area contributed by atoms with Crippen molar-refractivity contribution in [1.29, 1.82) is 0 Å². The molecule has 1 amide bonds. The average Bonchev–Trinajstić information content (AvgIpc) is 3.16. The summed E-state index contributed by atoms with van der Waals surface area (Å²) in [5.74, 6) is 0.919. The number of carbonyl (C=O) groups is 1. The van der Waals surface area contributed by atoms with Crippen LogP contribution in [0.5, 0.6) is 0 Å². The first-order chi connectivity index (χ1) is 10.7. The third-order valence-electron chi connectivity index (χ3n) is 3.17. The van der Waals surface area contributed by atoms with Gasteiger partial charge in [0.1, 0.15) is 0 Å². The molecule has 8 nitrogen and oxygen atoms in total. The van der Waals surface area contributed by atoms with Crippen molar-refractivity contribution in [3.8, 4) is 11.4 Å². The van der Waals surface area contributed by atoms with Gasteiger partial charge in [-0.2, -0.15) is 5.10 Å². The van der Waals surface area contributed by atoms with Gasteiger partial charge in [0.05, 0.1) is 0 Å². The van der Waals surface area contributed by atoms with Crippen LogP contribution in [0.3, 0.4) is 0 Å². The lowest BCUT2D eigenvalue weighted by Crippen LogP contribution is -2.12. The summed E-state index contributed by atoms with van der Waals surface area (Å²) in [6.07, 6.45) is 1.77. The maximum atomic E-state index is 12.3. The number of amides is 1. The predicted molar refractivity (Wildman–Crippen MR) is 80.1 cm³/mol. The summed E-state index contributed by atoms with van der Waals surface area (Å²) in [5.41, 5.74) is 1.31. The molecule has 2 aromatic heterocycles. The van der Waals surface area contributed by atoms with E-state index >= 15 is 0 Å². The molecule has 2 heterocycles. The molecule has 0 spiro atoms. The number of anilines is 1. The molecule has 0 aliphatic carbocycles. The van der Waals surface area contributed by atoms with Crippen molar-refractivity contribution >= 4 is 11.7 Å². The van der Waals surface area contributed by atoms with Crippen LogP contribution in [0.2, 0.25) is 0 Å². The molecule has 0 bridgehead atoms. The van der Waals surface area contributed by atoms with Crippen molar-refractivity contribution in [2.75, 3.05) is 5.32 Å². The Labute approximate surface area is 126 Å². The zero-order valence-electron chi connectivity index (χ0n) is 12.3. The van der Waals surface area contributed by atoms with Crippen LogP contribution in [-0.4, -0.2) is 35.9 Å². The lowest BCUT2D eigenvalue weighted by atomic mass is 10.1. The SMILES string of the molecule is CCn1nnnc1-c1cccc(C(=O)Nc2ccn(C)n2)c1. The first-order valence-corrected chi connectivity index (χ1v) is 6.85. The molecular formula is C14H15N7O. The predicted octanol–water partition coefficient (Wildman–Crippen LogP) is 1.35. The van der Waals surface area contributed by atoms with Gasteiger partial charge in [-0.3, -0.25) is 9.48 Å². The molecular weight excluding hydrogens is 282 g/mol. The minimum atomic E-state index is -0.226. The van der Waals surface area contributed by atoms with Gasteiger partial charge in [-0.15, -0.1) is 5.10 Å². The summed E-state index contributed by atoms with van der Waals surface area (Å²) in [5, 5.41) is 18.4. The molecule has 0 radical (unpaired) electrons. The summed E-state index contributed by atoms with van der Waals surface area (Å²) in [4.78, 5) is 12.3. The van der Waals surface area contributed by atoms with Crippen molar-refractivity contribution < 1.29 is 4.79 Å². The minimum absolute atomic E-state index is 0.226. The van der Waals surface area contributed by atoms with Crippen LogP contribution >= 0.6 is 0 Å². The lowest BCUT2D eigenvalue weighted by Gasteiger charge is -2.05. The number of rotatable bonds is 4. The molecule has 1 aromatic carbocycles. The van der Waals surface area contributed by atoms with E-state index in [1.165, 1.54) is 0 Å². The molecule has 1 N–H and O–H groups in total. The Morgan fingerprint density at radius 2 is 2.18 bits per heavy atom. The Kier molecular flexibility index (Phi) is 3.65. The van der Waals surface area contributed by atoms with Gasteiger partial charge in [0.2, 0.25) is 0 Å². The Balaban J connectivity index is 1.86. The molecule has 22 heavy (non-hydrogen) atoms. The smallest absolute Gasteiger partial charge is 0.256 e. The molecule has 3 aromatic rings. The van der Waals surface area contributed by atoms with Crippen LogP contribution in [0.25, 0.3) is 11.4 Å². The molecule has 112 valence electrons. The average molecular weight is 297 g/mol. The van der Waals surface area contributed by atoms with Crippen LogP contribution in [0.15, 0.2) is 36.5 Å². The van der Waals surface area contributed by atoms with Crippen LogP contribution < -0.4 is 5.32 Å². The van der Waals surface area contributed by atoms with E-state index in [0.29, 0.717) is 23.8 Å². The number of hydrogen-bond acceptors (Lipinski definition) is 5. The number of nitrogens with one attached hydrogen (secondary N) is 1. The van der Waals surface area contributed by atoms with Crippen LogP contribution in [0.1, 0.15) is 17.3 Å². The zero-order valence-corrected chi connectivity index (χ0v) is 12.3. The molecule has 0 saturated carbocycles. The number of carbonyl (C=O) groups excluding carboxylic acids is 1. The third kappa shape index (κ3) is 2.71. The molecule has 0 saturated heterocycles. The van der Waals surface area contributed by atoms with E-state index in [4.69, 9.17) is 0 Å². The number of hydrogen-bond donors (Lipinski definition) is 1. The molecule has 0 aliphatic rings. The van der Waals surface area contributed by atoms with E-state index in [1.807, 2.05) is 13.0 Å². The molecule has 3 rings (SSSR count). The largest absolute Gasteiger partial charge is 0.305 e. The second kappa shape index (κ2) is 5.76. The van der Waals surface area contributed by atoms with E-state index in [2.05, 4.69) is 25.9 Å². The zero-order chi connectivity index (χ0) is 15.5. The Morgan fingerprint density at radius 3 is 2.91 bits per heavy atom. The fraction of sp³-hybridized carbons (Fsp3) is 0.214.